The van der Waals surface area contributed by atoms with E-state index in [4.69, 9.17) is 0 Å². The smallest absolute Gasteiger partial charge is 0.114 e. The third-order valence-electron chi connectivity index (χ3n) is 5.22. The molecule has 6 heterocycles. The number of nitrogens with one attached hydrogen (secondary N) is 2. The summed E-state index contributed by atoms with van der Waals surface area (Å²) in [5.74, 6) is 0. The number of nitrogens with zero attached hydrogens (tertiary/aromatic N) is 5. The monoisotopic (exact) mass is 391 g/mol. The molecule has 6 rings (SSSR count). The van der Waals surface area contributed by atoms with Crippen molar-refractivity contribution in [3.63, 3.8) is 0 Å². The maximum Gasteiger partial charge on any atom is 0.114 e. The highest BCUT2D eigenvalue weighted by Gasteiger charge is 2.10. The van der Waals surface area contributed by atoms with E-state index in [-0.39, 0.29) is 0 Å². The zero-order valence-electron chi connectivity index (χ0n) is 15.9. The van der Waals surface area contributed by atoms with Crippen LogP contribution in [0.1, 0.15) is 22.8 Å². The summed E-state index contributed by atoms with van der Waals surface area (Å²) >= 11 is 0. The average molecular weight is 391 g/mol. The van der Waals surface area contributed by atoms with Gasteiger partial charge in [0.2, 0.25) is 0 Å². The second-order valence-corrected chi connectivity index (χ2v) is 7.01. The summed E-state index contributed by atoms with van der Waals surface area (Å²) in [6.45, 7) is 0. The molecule has 4 aromatic rings. The van der Waals surface area contributed by atoms with Gasteiger partial charge in [0.1, 0.15) is 17.0 Å². The number of aromatic nitrogens is 7. The molecular formula is C23H17N7. The van der Waals surface area contributed by atoms with Crippen LogP contribution in [0.25, 0.3) is 46.9 Å². The lowest BCUT2D eigenvalue weighted by atomic mass is 10.1. The third-order valence-corrected chi connectivity index (χ3v) is 5.22. The first-order valence-corrected chi connectivity index (χ1v) is 9.63. The maximum absolute atomic E-state index is 4.56. The van der Waals surface area contributed by atoms with Crippen LogP contribution in [0.4, 0.5) is 0 Å². The van der Waals surface area contributed by atoms with E-state index in [1.165, 1.54) is 0 Å². The van der Waals surface area contributed by atoms with Crippen molar-refractivity contribution in [3.8, 4) is 11.3 Å². The Kier molecular flexibility index (Phi) is 3.64. The van der Waals surface area contributed by atoms with Crippen LogP contribution in [-0.2, 0) is 0 Å². The lowest BCUT2D eigenvalue weighted by Crippen LogP contribution is -1.80. The maximum atomic E-state index is 4.56. The molecular weight excluding hydrogens is 374 g/mol. The van der Waals surface area contributed by atoms with E-state index in [1.54, 1.807) is 6.20 Å². The Bertz CT molecular complexity index is 1500. The van der Waals surface area contributed by atoms with E-state index in [0.717, 1.165) is 45.3 Å². The minimum Gasteiger partial charge on any atom is -0.346 e. The van der Waals surface area contributed by atoms with Gasteiger partial charge in [0.25, 0.3) is 0 Å². The van der Waals surface area contributed by atoms with Gasteiger partial charge in [-0.1, -0.05) is 0 Å². The summed E-state index contributed by atoms with van der Waals surface area (Å²) in [6, 6.07) is 12.2. The predicted molar refractivity (Wildman–Crippen MR) is 118 cm³/mol. The molecule has 0 amide bonds. The molecule has 144 valence electrons. The van der Waals surface area contributed by atoms with Crippen molar-refractivity contribution in [2.45, 2.75) is 0 Å². The molecule has 2 aliphatic heterocycles. The Labute approximate surface area is 171 Å². The van der Waals surface area contributed by atoms with Crippen LogP contribution in [0.15, 0.2) is 67.4 Å². The number of rotatable bonds is 4. The lowest BCUT2D eigenvalue weighted by molar-refractivity contribution is 1.08. The van der Waals surface area contributed by atoms with Gasteiger partial charge in [0, 0.05) is 41.7 Å². The van der Waals surface area contributed by atoms with Crippen LogP contribution >= 0.6 is 0 Å². The number of hydrogen-bond donors (Lipinski definition) is 2. The van der Waals surface area contributed by atoms with Crippen LogP contribution in [0, 0.1) is 0 Å². The van der Waals surface area contributed by atoms with E-state index in [2.05, 4.69) is 52.2 Å². The molecule has 0 bridgehead atoms. The van der Waals surface area contributed by atoms with Gasteiger partial charge in [-0.25, -0.2) is 0 Å². The quantitative estimate of drug-likeness (QED) is 0.465. The number of fused-ring (bicyclic) bond motifs is 3. The summed E-state index contributed by atoms with van der Waals surface area (Å²) in [4.78, 5) is 10.9. The van der Waals surface area contributed by atoms with Crippen molar-refractivity contribution < 1.29 is 0 Å². The fourth-order valence-corrected chi connectivity index (χ4v) is 3.68. The summed E-state index contributed by atoms with van der Waals surface area (Å²) < 4.78 is 4.18. The second kappa shape index (κ2) is 6.59. The molecule has 0 unspecified atom stereocenters. The number of hydrogen-bond acceptors (Lipinski definition) is 3. The number of aromatic amines is 2. The van der Waals surface area contributed by atoms with Crippen molar-refractivity contribution in [1.82, 2.24) is 34.0 Å². The molecule has 0 fully saturated rings. The molecule has 0 aromatic carbocycles. The van der Waals surface area contributed by atoms with Crippen molar-refractivity contribution in [3.05, 3.63) is 90.2 Å². The molecule has 0 atom stereocenters. The molecule has 2 aliphatic rings. The van der Waals surface area contributed by atoms with Gasteiger partial charge in [-0.15, -0.1) is 10.2 Å². The molecule has 0 saturated carbocycles. The average Bonchev–Trinajstić information content (AvgIpc) is 3.54. The van der Waals surface area contributed by atoms with Crippen LogP contribution < -0.4 is 0 Å². The van der Waals surface area contributed by atoms with Crippen LogP contribution in [0.5, 0.6) is 0 Å². The molecule has 4 aromatic heterocycles. The first kappa shape index (κ1) is 16.6. The Balaban J connectivity index is 1.31. The Hall–Kier alpha value is -4.39. The standard InChI is InChI=1S/C23H17N7/c1(3-17-5-9-22-24-11-13-29(17)22)16-2-7-19-20(27-28-21(19)15-26-16)8-4-18-6-10-23-25-12-14-30(18)23/h1-15,24-25H/b3-1+,8-4+. The molecule has 30 heavy (non-hydrogen) atoms. The fraction of sp³-hybridized carbons (Fsp3) is 0. The van der Waals surface area contributed by atoms with E-state index in [1.807, 2.05) is 67.3 Å². The largest absolute Gasteiger partial charge is 0.346 e. The fourth-order valence-electron chi connectivity index (χ4n) is 3.68. The first-order chi connectivity index (χ1) is 14.8. The van der Waals surface area contributed by atoms with Gasteiger partial charge in [-0.2, -0.15) is 0 Å². The topological polar surface area (TPSA) is 79.1 Å². The zero-order valence-corrected chi connectivity index (χ0v) is 15.9. The summed E-state index contributed by atoms with van der Waals surface area (Å²) in [5, 5.41) is 8.60. The highest BCUT2D eigenvalue weighted by molar-refractivity contribution is 5.78. The van der Waals surface area contributed by atoms with Gasteiger partial charge < -0.3 is 18.8 Å². The molecule has 7 nitrogen and oxygen atoms in total. The van der Waals surface area contributed by atoms with E-state index >= 15 is 0 Å². The number of imidazole rings is 2. The van der Waals surface area contributed by atoms with E-state index < -0.39 is 0 Å². The zero-order chi connectivity index (χ0) is 19.9. The van der Waals surface area contributed by atoms with Gasteiger partial charge in [0.15, 0.2) is 0 Å². The van der Waals surface area contributed by atoms with Crippen molar-refractivity contribution in [2.24, 2.45) is 0 Å². The van der Waals surface area contributed by atoms with Crippen molar-refractivity contribution in [2.75, 3.05) is 0 Å². The Morgan fingerprint density at radius 3 is 2.13 bits per heavy atom. The SMILES string of the molecule is C(=C\c1ccc2[nH]ccn12)/c1ccc2c(/C=C/c3ccc4[nH]ccn34)nnc-2cn1. The van der Waals surface area contributed by atoms with Crippen molar-refractivity contribution >= 4 is 35.6 Å². The van der Waals surface area contributed by atoms with Gasteiger partial charge in [0.05, 0.1) is 17.6 Å². The summed E-state index contributed by atoms with van der Waals surface area (Å²) in [5.41, 5.74) is 7.70. The minimum atomic E-state index is 0.770. The Morgan fingerprint density at radius 1 is 0.700 bits per heavy atom. The van der Waals surface area contributed by atoms with Gasteiger partial charge in [-0.3, -0.25) is 4.98 Å². The molecule has 7 heteroatoms. The van der Waals surface area contributed by atoms with Crippen molar-refractivity contribution in [1.29, 1.82) is 0 Å². The molecule has 0 aliphatic carbocycles. The predicted octanol–water partition coefficient (Wildman–Crippen LogP) is 4.48. The molecule has 2 N–H and O–H groups in total. The minimum absolute atomic E-state index is 0.770. The highest BCUT2D eigenvalue weighted by Crippen LogP contribution is 2.24. The summed E-state index contributed by atoms with van der Waals surface area (Å²) in [6.07, 6.45) is 17.7. The van der Waals surface area contributed by atoms with E-state index in [0.29, 0.717) is 0 Å². The first-order valence-electron chi connectivity index (χ1n) is 9.63. The number of H-pyrrole nitrogens is 2. The van der Waals surface area contributed by atoms with Crippen LogP contribution in [0.2, 0.25) is 0 Å². The molecule has 0 saturated heterocycles. The van der Waals surface area contributed by atoms with Gasteiger partial charge in [-0.05, 0) is 60.7 Å². The summed E-state index contributed by atoms with van der Waals surface area (Å²) in [7, 11) is 0. The van der Waals surface area contributed by atoms with Crippen LogP contribution in [0.3, 0.4) is 0 Å². The second-order valence-electron chi connectivity index (χ2n) is 7.01. The Morgan fingerprint density at radius 2 is 1.40 bits per heavy atom. The van der Waals surface area contributed by atoms with Gasteiger partial charge >= 0.3 is 0 Å². The lowest BCUT2D eigenvalue weighted by Gasteiger charge is -1.92. The molecule has 0 spiro atoms. The third kappa shape index (κ3) is 2.72. The normalized spacial score (nSPS) is 12.4. The molecule has 0 radical (unpaired) electrons. The van der Waals surface area contributed by atoms with Crippen LogP contribution in [-0.4, -0.2) is 34.0 Å². The highest BCUT2D eigenvalue weighted by atomic mass is 15.1. The van der Waals surface area contributed by atoms with E-state index in [9.17, 15) is 0 Å².